The minimum absolute atomic E-state index is 0.295. The van der Waals surface area contributed by atoms with Gasteiger partial charge in [0.25, 0.3) is 5.91 Å². The number of nitrogens with zero attached hydrogens (tertiary/aromatic N) is 3. The highest BCUT2D eigenvalue weighted by molar-refractivity contribution is 6.38. The summed E-state index contributed by atoms with van der Waals surface area (Å²) in [7, 11) is 1.71. The van der Waals surface area contributed by atoms with Crippen molar-refractivity contribution >= 4 is 41.0 Å². The molecule has 0 aromatic heterocycles. The molecule has 34 heavy (non-hydrogen) atoms. The van der Waals surface area contributed by atoms with E-state index in [0.717, 1.165) is 49.7 Å². The lowest BCUT2D eigenvalue weighted by Gasteiger charge is -2.36. The van der Waals surface area contributed by atoms with E-state index < -0.39 is 0 Å². The summed E-state index contributed by atoms with van der Waals surface area (Å²) in [5.41, 5.74) is 5.92. The fourth-order valence-corrected chi connectivity index (χ4v) is 4.41. The molecule has 1 amide bonds. The maximum absolute atomic E-state index is 12.4. The van der Waals surface area contributed by atoms with Crippen LogP contribution in [-0.4, -0.2) is 50.3 Å². The minimum atomic E-state index is -0.295. The normalized spacial score (nSPS) is 14.4. The molecule has 1 fully saturated rings. The van der Waals surface area contributed by atoms with Crippen LogP contribution in [0.4, 0.5) is 5.69 Å². The van der Waals surface area contributed by atoms with E-state index in [2.05, 4.69) is 26.4 Å². The van der Waals surface area contributed by atoms with Crippen LogP contribution in [0.25, 0.3) is 0 Å². The van der Waals surface area contributed by atoms with Crippen molar-refractivity contribution in [3.8, 4) is 5.75 Å². The summed E-state index contributed by atoms with van der Waals surface area (Å²) in [5.74, 6) is 0.612. The Morgan fingerprint density at radius 2 is 1.65 bits per heavy atom. The minimum Gasteiger partial charge on any atom is -0.495 e. The summed E-state index contributed by atoms with van der Waals surface area (Å²) in [6.45, 7) is 4.63. The predicted octanol–water partition coefficient (Wildman–Crippen LogP) is 5.09. The van der Waals surface area contributed by atoms with Gasteiger partial charge in [0.2, 0.25) is 0 Å². The zero-order valence-corrected chi connectivity index (χ0v) is 20.4. The Morgan fingerprint density at radius 3 is 2.32 bits per heavy atom. The average molecular weight is 497 g/mol. The fraction of sp³-hybridized carbons (Fsp3) is 0.231. The van der Waals surface area contributed by atoms with E-state index >= 15 is 0 Å². The molecule has 0 bridgehead atoms. The van der Waals surface area contributed by atoms with Gasteiger partial charge in [0.05, 0.1) is 29.1 Å². The number of hydrazone groups is 1. The fourth-order valence-electron chi connectivity index (χ4n) is 3.91. The second-order valence-electron chi connectivity index (χ2n) is 7.97. The van der Waals surface area contributed by atoms with Crippen LogP contribution >= 0.6 is 23.2 Å². The number of hydrogen-bond donors (Lipinski definition) is 1. The van der Waals surface area contributed by atoms with Crippen LogP contribution in [0.15, 0.2) is 71.8 Å². The molecule has 176 valence electrons. The zero-order chi connectivity index (χ0) is 23.9. The molecule has 1 aliphatic rings. The number of nitrogens with one attached hydrogen (secondary N) is 1. The monoisotopic (exact) mass is 496 g/mol. The number of rotatable bonds is 7. The lowest BCUT2D eigenvalue weighted by atomic mass is 10.1. The third-order valence-electron chi connectivity index (χ3n) is 5.78. The Morgan fingerprint density at radius 1 is 0.971 bits per heavy atom. The molecule has 0 spiro atoms. The molecular weight excluding hydrogens is 471 g/mol. The van der Waals surface area contributed by atoms with E-state index in [1.807, 2.05) is 42.5 Å². The molecule has 0 aliphatic carbocycles. The number of carbonyl (C=O) groups excluding carboxylic acids is 1. The molecule has 8 heteroatoms. The maximum Gasteiger partial charge on any atom is 0.271 e. The SMILES string of the molecule is COc1ccccc1N1CCN(Cc2ccc(C(=O)N/N=C\c3c(Cl)cccc3Cl)cc2)CC1. The van der Waals surface area contributed by atoms with Crippen molar-refractivity contribution in [2.75, 3.05) is 38.2 Å². The molecule has 1 aliphatic heterocycles. The van der Waals surface area contributed by atoms with Gasteiger partial charge in [-0.2, -0.15) is 5.10 Å². The Kier molecular flexibility index (Phi) is 8.06. The second-order valence-corrected chi connectivity index (χ2v) is 8.78. The van der Waals surface area contributed by atoms with Gasteiger partial charge in [0, 0.05) is 43.9 Å². The lowest BCUT2D eigenvalue weighted by Crippen LogP contribution is -2.46. The van der Waals surface area contributed by atoms with Gasteiger partial charge < -0.3 is 9.64 Å². The number of anilines is 1. The van der Waals surface area contributed by atoms with E-state index in [4.69, 9.17) is 27.9 Å². The van der Waals surface area contributed by atoms with Gasteiger partial charge >= 0.3 is 0 Å². The lowest BCUT2D eigenvalue weighted by molar-refractivity contribution is 0.0955. The molecule has 4 rings (SSSR count). The van der Waals surface area contributed by atoms with Crippen LogP contribution in [-0.2, 0) is 6.54 Å². The summed E-state index contributed by atoms with van der Waals surface area (Å²) in [4.78, 5) is 17.2. The van der Waals surface area contributed by atoms with Gasteiger partial charge in [-0.15, -0.1) is 0 Å². The van der Waals surface area contributed by atoms with Gasteiger partial charge in [0.15, 0.2) is 0 Å². The van der Waals surface area contributed by atoms with Crippen LogP contribution in [0.3, 0.4) is 0 Å². The number of carbonyl (C=O) groups is 1. The summed E-state index contributed by atoms with van der Waals surface area (Å²) < 4.78 is 5.50. The van der Waals surface area contributed by atoms with Crippen LogP contribution in [0.5, 0.6) is 5.75 Å². The molecule has 3 aromatic rings. The number of methoxy groups -OCH3 is 1. The Hall–Kier alpha value is -3.06. The van der Waals surface area contributed by atoms with Crippen LogP contribution in [0.2, 0.25) is 10.0 Å². The molecule has 0 radical (unpaired) electrons. The number of hydrogen-bond acceptors (Lipinski definition) is 5. The summed E-state index contributed by atoms with van der Waals surface area (Å²) in [6.07, 6.45) is 1.45. The average Bonchev–Trinajstić information content (AvgIpc) is 2.86. The number of piperazine rings is 1. The first-order chi connectivity index (χ1) is 16.5. The number of para-hydroxylation sites is 2. The van der Waals surface area contributed by atoms with Gasteiger partial charge in [-0.1, -0.05) is 53.5 Å². The smallest absolute Gasteiger partial charge is 0.271 e. The Labute approximate surface area is 209 Å². The molecule has 6 nitrogen and oxygen atoms in total. The highest BCUT2D eigenvalue weighted by Gasteiger charge is 2.19. The van der Waals surface area contributed by atoms with E-state index in [1.165, 1.54) is 6.21 Å². The van der Waals surface area contributed by atoms with Crippen molar-refractivity contribution in [2.24, 2.45) is 5.10 Å². The van der Waals surface area contributed by atoms with Crippen molar-refractivity contribution in [3.63, 3.8) is 0 Å². The summed E-state index contributed by atoms with van der Waals surface area (Å²) >= 11 is 12.2. The molecule has 3 aromatic carbocycles. The first-order valence-corrected chi connectivity index (χ1v) is 11.8. The zero-order valence-electron chi connectivity index (χ0n) is 18.9. The van der Waals surface area contributed by atoms with E-state index in [0.29, 0.717) is 21.2 Å². The highest BCUT2D eigenvalue weighted by atomic mass is 35.5. The van der Waals surface area contributed by atoms with Crippen molar-refractivity contribution in [2.45, 2.75) is 6.54 Å². The van der Waals surface area contributed by atoms with Crippen LogP contribution < -0.4 is 15.1 Å². The molecule has 0 saturated carbocycles. The van der Waals surface area contributed by atoms with Gasteiger partial charge in [-0.3, -0.25) is 9.69 Å². The summed E-state index contributed by atoms with van der Waals surface area (Å²) in [5, 5.41) is 4.93. The molecule has 1 heterocycles. The van der Waals surface area contributed by atoms with Gasteiger partial charge in [-0.05, 0) is 42.0 Å². The predicted molar refractivity (Wildman–Crippen MR) is 138 cm³/mol. The van der Waals surface area contributed by atoms with Gasteiger partial charge in [0.1, 0.15) is 5.75 Å². The van der Waals surface area contributed by atoms with E-state index in [9.17, 15) is 4.79 Å². The number of amides is 1. The quantitative estimate of drug-likeness (QED) is 0.365. The molecule has 0 unspecified atom stereocenters. The van der Waals surface area contributed by atoms with E-state index in [-0.39, 0.29) is 5.91 Å². The number of halogens is 2. The molecular formula is C26H26Cl2N4O2. The third kappa shape index (κ3) is 5.89. The summed E-state index contributed by atoms with van der Waals surface area (Å²) in [6, 6.07) is 20.9. The van der Waals surface area contributed by atoms with Crippen molar-refractivity contribution in [1.29, 1.82) is 0 Å². The van der Waals surface area contributed by atoms with Crippen molar-refractivity contribution in [1.82, 2.24) is 10.3 Å². The first kappa shape index (κ1) is 24.1. The first-order valence-electron chi connectivity index (χ1n) is 11.0. The largest absolute Gasteiger partial charge is 0.495 e. The number of ether oxygens (including phenoxy) is 1. The third-order valence-corrected chi connectivity index (χ3v) is 6.44. The van der Waals surface area contributed by atoms with Crippen LogP contribution in [0.1, 0.15) is 21.5 Å². The van der Waals surface area contributed by atoms with Crippen molar-refractivity contribution in [3.05, 3.63) is 93.5 Å². The topological polar surface area (TPSA) is 57.2 Å². The molecule has 0 atom stereocenters. The second kappa shape index (κ2) is 11.4. The molecule has 1 N–H and O–H groups in total. The maximum atomic E-state index is 12.4. The van der Waals surface area contributed by atoms with Gasteiger partial charge in [-0.25, -0.2) is 5.43 Å². The van der Waals surface area contributed by atoms with E-state index in [1.54, 1.807) is 25.3 Å². The highest BCUT2D eigenvalue weighted by Crippen LogP contribution is 2.28. The number of benzene rings is 3. The Bertz CT molecular complexity index is 1140. The standard InChI is InChI=1S/C26H26Cl2N4O2/c1-34-25-8-3-2-7-24(25)32-15-13-31(14-16-32)18-19-9-11-20(12-10-19)26(33)30-29-17-21-22(27)5-4-6-23(21)28/h2-12,17H,13-16,18H2,1H3,(H,30,33)/b29-17-. The molecule has 1 saturated heterocycles. The Balaban J connectivity index is 1.28. The van der Waals surface area contributed by atoms with Crippen LogP contribution in [0, 0.1) is 0 Å². The van der Waals surface area contributed by atoms with Crippen molar-refractivity contribution < 1.29 is 9.53 Å².